The van der Waals surface area contributed by atoms with Gasteiger partial charge < -0.3 is 15.7 Å². The molecule has 172 valence electrons. The Morgan fingerprint density at radius 2 is 1.82 bits per heavy atom. The number of aromatic nitrogens is 1. The van der Waals surface area contributed by atoms with Crippen LogP contribution in [0.1, 0.15) is 19.8 Å². The van der Waals surface area contributed by atoms with Crippen molar-refractivity contribution < 1.29 is 19.5 Å². The van der Waals surface area contributed by atoms with E-state index < -0.39 is 11.2 Å². The molecular weight excluding hydrogens is 505 g/mol. The van der Waals surface area contributed by atoms with Crippen molar-refractivity contribution in [3.05, 3.63) is 57.9 Å². The van der Waals surface area contributed by atoms with Crippen LogP contribution in [0.4, 0.5) is 10.8 Å². The van der Waals surface area contributed by atoms with Crippen LogP contribution in [-0.2, 0) is 14.4 Å². The predicted molar refractivity (Wildman–Crippen MR) is 133 cm³/mol. The fourth-order valence-electron chi connectivity index (χ4n) is 2.68. The molecule has 2 aromatic carbocycles. The molecule has 1 unspecified atom stereocenters. The number of carboxylic acids is 1. The molecule has 11 heteroatoms. The van der Waals surface area contributed by atoms with E-state index in [0.717, 1.165) is 10.5 Å². The van der Waals surface area contributed by atoms with E-state index in [9.17, 15) is 14.4 Å². The summed E-state index contributed by atoms with van der Waals surface area (Å²) in [5.74, 6) is -1.59. The highest BCUT2D eigenvalue weighted by molar-refractivity contribution is 8.00. The van der Waals surface area contributed by atoms with Crippen molar-refractivity contribution in [2.45, 2.75) is 29.9 Å². The monoisotopic (exact) mass is 523 g/mol. The second kappa shape index (κ2) is 11.5. The van der Waals surface area contributed by atoms with Gasteiger partial charge in [0.1, 0.15) is 0 Å². The third-order valence-electron chi connectivity index (χ3n) is 4.33. The maximum absolute atomic E-state index is 12.6. The third-order valence-corrected chi connectivity index (χ3v) is 6.74. The molecule has 33 heavy (non-hydrogen) atoms. The van der Waals surface area contributed by atoms with E-state index >= 15 is 0 Å². The summed E-state index contributed by atoms with van der Waals surface area (Å²) in [6.45, 7) is 1.78. The van der Waals surface area contributed by atoms with Crippen molar-refractivity contribution in [3.8, 4) is 11.3 Å². The number of benzene rings is 2. The van der Waals surface area contributed by atoms with Gasteiger partial charge in [0.25, 0.3) is 0 Å². The first-order chi connectivity index (χ1) is 15.7. The number of nitrogens with one attached hydrogen (secondary N) is 2. The summed E-state index contributed by atoms with van der Waals surface area (Å²) in [6, 6.07) is 12.1. The van der Waals surface area contributed by atoms with Gasteiger partial charge >= 0.3 is 5.97 Å². The Morgan fingerprint density at radius 1 is 1.09 bits per heavy atom. The summed E-state index contributed by atoms with van der Waals surface area (Å²) >= 11 is 14.8. The maximum Gasteiger partial charge on any atom is 0.303 e. The van der Waals surface area contributed by atoms with Gasteiger partial charge in [-0.05, 0) is 49.4 Å². The summed E-state index contributed by atoms with van der Waals surface area (Å²) in [5.41, 5.74) is 1.94. The number of hydrogen-bond donors (Lipinski definition) is 3. The van der Waals surface area contributed by atoms with Crippen molar-refractivity contribution >= 4 is 74.9 Å². The molecule has 3 N–H and O–H groups in total. The lowest BCUT2D eigenvalue weighted by atomic mass is 10.2. The van der Waals surface area contributed by atoms with Crippen molar-refractivity contribution in [2.75, 3.05) is 10.6 Å². The quantitative estimate of drug-likeness (QED) is 0.295. The van der Waals surface area contributed by atoms with E-state index in [-0.39, 0.29) is 24.7 Å². The summed E-state index contributed by atoms with van der Waals surface area (Å²) in [5, 5.41) is 17.0. The number of thioether (sulfide) groups is 1. The third kappa shape index (κ3) is 7.46. The van der Waals surface area contributed by atoms with Crippen molar-refractivity contribution in [2.24, 2.45) is 0 Å². The lowest BCUT2D eigenvalue weighted by molar-refractivity contribution is -0.138. The Bertz CT molecular complexity index is 1170. The van der Waals surface area contributed by atoms with Gasteiger partial charge in [-0.15, -0.1) is 23.1 Å². The fourth-order valence-corrected chi connectivity index (χ4v) is 4.76. The number of halogens is 2. The second-order valence-electron chi connectivity index (χ2n) is 6.88. The second-order valence-corrected chi connectivity index (χ2v) is 9.99. The number of carbonyl (C=O) groups excluding carboxylic acids is 2. The van der Waals surface area contributed by atoms with Crippen LogP contribution in [0.25, 0.3) is 11.3 Å². The van der Waals surface area contributed by atoms with Crippen molar-refractivity contribution in [1.82, 2.24) is 4.98 Å². The number of carbonyl (C=O) groups is 3. The first-order valence-electron chi connectivity index (χ1n) is 9.71. The van der Waals surface area contributed by atoms with E-state index in [1.807, 2.05) is 5.38 Å². The molecule has 2 amide bonds. The van der Waals surface area contributed by atoms with Crippen LogP contribution < -0.4 is 10.6 Å². The first-order valence-corrected chi connectivity index (χ1v) is 12.2. The van der Waals surface area contributed by atoms with Crippen LogP contribution in [0.5, 0.6) is 0 Å². The zero-order valence-corrected chi connectivity index (χ0v) is 20.4. The molecule has 1 atom stereocenters. The largest absolute Gasteiger partial charge is 0.481 e. The molecule has 0 radical (unpaired) electrons. The Kier molecular flexibility index (Phi) is 8.74. The summed E-state index contributed by atoms with van der Waals surface area (Å²) in [4.78, 5) is 40.1. The highest BCUT2D eigenvalue weighted by Crippen LogP contribution is 2.33. The van der Waals surface area contributed by atoms with Crippen LogP contribution in [0.15, 0.2) is 52.7 Å². The molecule has 0 saturated heterocycles. The zero-order chi connectivity index (χ0) is 24.0. The lowest BCUT2D eigenvalue weighted by Gasteiger charge is -2.11. The smallest absolute Gasteiger partial charge is 0.303 e. The zero-order valence-electron chi connectivity index (χ0n) is 17.3. The minimum atomic E-state index is -1.02. The molecule has 0 aliphatic carbocycles. The molecule has 0 aliphatic rings. The summed E-state index contributed by atoms with van der Waals surface area (Å²) in [7, 11) is 0. The lowest BCUT2D eigenvalue weighted by Crippen LogP contribution is -2.22. The average Bonchev–Trinajstić information content (AvgIpc) is 3.21. The van der Waals surface area contributed by atoms with E-state index in [0.29, 0.717) is 26.6 Å². The van der Waals surface area contributed by atoms with Gasteiger partial charge in [-0.3, -0.25) is 14.4 Å². The summed E-state index contributed by atoms with van der Waals surface area (Å²) < 4.78 is 0. The highest BCUT2D eigenvalue weighted by atomic mass is 35.5. The number of nitrogens with zero attached hydrogens (tertiary/aromatic N) is 1. The molecule has 1 heterocycles. The molecule has 0 fully saturated rings. The molecule has 3 rings (SSSR count). The molecule has 1 aromatic heterocycles. The topological polar surface area (TPSA) is 108 Å². The number of hydrogen-bond acceptors (Lipinski definition) is 6. The standard InChI is InChI=1S/C22H19Cl2N3O4S2/c1-12(33-15-5-3-14(4-6-15)25-19(28)8-9-20(29)30)21(31)27-22-26-18(11-32-22)16-7-2-13(23)10-17(16)24/h2-7,10-12H,8-9H2,1H3,(H,25,28)(H,29,30)(H,26,27,31). The van der Waals surface area contributed by atoms with E-state index in [1.165, 1.54) is 23.1 Å². The molecule has 0 bridgehead atoms. The van der Waals surface area contributed by atoms with Gasteiger partial charge in [-0.1, -0.05) is 23.2 Å². The van der Waals surface area contributed by atoms with E-state index in [4.69, 9.17) is 28.3 Å². The SMILES string of the molecule is CC(Sc1ccc(NC(=O)CCC(=O)O)cc1)C(=O)Nc1nc(-c2ccc(Cl)cc2Cl)cs1. The van der Waals surface area contributed by atoms with Gasteiger partial charge in [-0.25, -0.2) is 4.98 Å². The maximum atomic E-state index is 12.6. The molecule has 7 nitrogen and oxygen atoms in total. The normalized spacial score (nSPS) is 11.6. The van der Waals surface area contributed by atoms with Crippen LogP contribution in [0.2, 0.25) is 10.0 Å². The van der Waals surface area contributed by atoms with Crippen LogP contribution in [0.3, 0.4) is 0 Å². The van der Waals surface area contributed by atoms with Gasteiger partial charge in [0.2, 0.25) is 11.8 Å². The predicted octanol–water partition coefficient (Wildman–Crippen LogP) is 6.04. The van der Waals surface area contributed by atoms with Gasteiger partial charge in [0, 0.05) is 33.0 Å². The minimum Gasteiger partial charge on any atom is -0.481 e. The van der Waals surface area contributed by atoms with Gasteiger partial charge in [0.15, 0.2) is 5.13 Å². The Balaban J connectivity index is 1.54. The highest BCUT2D eigenvalue weighted by Gasteiger charge is 2.17. The molecule has 0 saturated carbocycles. The number of aliphatic carboxylic acids is 1. The van der Waals surface area contributed by atoms with Crippen LogP contribution in [0, 0.1) is 0 Å². The Morgan fingerprint density at radius 3 is 2.48 bits per heavy atom. The molecule has 0 aliphatic heterocycles. The minimum absolute atomic E-state index is 0.0915. The Hall–Kier alpha value is -2.59. The van der Waals surface area contributed by atoms with Crippen molar-refractivity contribution in [1.29, 1.82) is 0 Å². The summed E-state index contributed by atoms with van der Waals surface area (Å²) in [6.07, 6.45) is -0.314. The number of amides is 2. The number of carboxylic acid groups (broad SMARTS) is 1. The number of thiazole rings is 1. The number of rotatable bonds is 9. The molecule has 0 spiro atoms. The van der Waals surface area contributed by atoms with E-state index in [2.05, 4.69) is 15.6 Å². The number of anilines is 2. The van der Waals surface area contributed by atoms with Gasteiger partial charge in [0.05, 0.1) is 22.4 Å². The van der Waals surface area contributed by atoms with Crippen LogP contribution in [-0.4, -0.2) is 33.1 Å². The molecule has 3 aromatic rings. The van der Waals surface area contributed by atoms with Gasteiger partial charge in [-0.2, -0.15) is 0 Å². The van der Waals surface area contributed by atoms with Crippen LogP contribution >= 0.6 is 46.3 Å². The first kappa shape index (κ1) is 25.0. The fraction of sp³-hybridized carbons (Fsp3) is 0.182. The average molecular weight is 524 g/mol. The van der Waals surface area contributed by atoms with E-state index in [1.54, 1.807) is 49.4 Å². The Labute approximate surface area is 208 Å². The van der Waals surface area contributed by atoms with Crippen molar-refractivity contribution in [3.63, 3.8) is 0 Å². The molecular formula is C22H19Cl2N3O4S2.